The number of fused-ring (bicyclic) bond motifs is 1. The molecule has 4 nitrogen and oxygen atoms in total. The molecule has 0 aliphatic carbocycles. The molecule has 6 heteroatoms. The Morgan fingerprint density at radius 2 is 2.19 bits per heavy atom. The van der Waals surface area contributed by atoms with Crippen molar-refractivity contribution >= 4 is 31.6 Å². The molecule has 0 saturated heterocycles. The van der Waals surface area contributed by atoms with Crippen molar-refractivity contribution in [2.75, 3.05) is 6.26 Å². The number of nitrogens with zero attached hydrogens (tertiary/aromatic N) is 1. The summed E-state index contributed by atoms with van der Waals surface area (Å²) in [5.74, 6) is 0. The number of sulfonamides is 1. The molecule has 1 aromatic carbocycles. The molecular weight excluding hydrogens is 244 g/mol. The van der Waals surface area contributed by atoms with Crippen molar-refractivity contribution in [2.24, 2.45) is 0 Å². The monoisotopic (exact) mass is 256 g/mol. The SMILES string of the molecule is Cc1nc2ccc(CNS(C)(=O)=O)cc2s1. The number of hydrogen-bond donors (Lipinski definition) is 1. The molecule has 0 aliphatic rings. The van der Waals surface area contributed by atoms with Crippen LogP contribution in [-0.2, 0) is 16.6 Å². The lowest BCUT2D eigenvalue weighted by atomic mass is 10.2. The highest BCUT2D eigenvalue weighted by atomic mass is 32.2. The van der Waals surface area contributed by atoms with E-state index in [2.05, 4.69) is 9.71 Å². The Morgan fingerprint density at radius 3 is 2.88 bits per heavy atom. The van der Waals surface area contributed by atoms with Crippen LogP contribution >= 0.6 is 11.3 Å². The van der Waals surface area contributed by atoms with Gasteiger partial charge in [-0.2, -0.15) is 0 Å². The van der Waals surface area contributed by atoms with E-state index < -0.39 is 10.0 Å². The first kappa shape index (κ1) is 11.5. The van der Waals surface area contributed by atoms with Crippen molar-refractivity contribution in [3.63, 3.8) is 0 Å². The van der Waals surface area contributed by atoms with Crippen LogP contribution in [0.25, 0.3) is 10.2 Å². The molecule has 16 heavy (non-hydrogen) atoms. The van der Waals surface area contributed by atoms with E-state index in [1.165, 1.54) is 0 Å². The van der Waals surface area contributed by atoms with Gasteiger partial charge in [0.2, 0.25) is 10.0 Å². The molecule has 0 fully saturated rings. The summed E-state index contributed by atoms with van der Waals surface area (Å²) in [6.07, 6.45) is 1.16. The molecule has 0 saturated carbocycles. The predicted molar refractivity (Wildman–Crippen MR) is 66.0 cm³/mol. The highest BCUT2D eigenvalue weighted by Gasteiger charge is 2.04. The van der Waals surface area contributed by atoms with Gasteiger partial charge in [-0.3, -0.25) is 0 Å². The number of rotatable bonds is 3. The third kappa shape index (κ3) is 2.78. The van der Waals surface area contributed by atoms with Gasteiger partial charge in [0.1, 0.15) is 0 Å². The number of aryl methyl sites for hydroxylation is 1. The van der Waals surface area contributed by atoms with Crippen LogP contribution in [-0.4, -0.2) is 19.7 Å². The summed E-state index contributed by atoms with van der Waals surface area (Å²) in [5.41, 5.74) is 1.91. The lowest BCUT2D eigenvalue weighted by Gasteiger charge is -2.01. The van der Waals surface area contributed by atoms with Gasteiger partial charge in [0.15, 0.2) is 0 Å². The van der Waals surface area contributed by atoms with Gasteiger partial charge in [0.25, 0.3) is 0 Å². The number of nitrogens with one attached hydrogen (secondary N) is 1. The minimum absolute atomic E-state index is 0.325. The second kappa shape index (κ2) is 4.12. The highest BCUT2D eigenvalue weighted by Crippen LogP contribution is 2.22. The van der Waals surface area contributed by atoms with E-state index in [0.29, 0.717) is 6.54 Å². The van der Waals surface area contributed by atoms with E-state index in [1.807, 2.05) is 25.1 Å². The zero-order valence-electron chi connectivity index (χ0n) is 9.02. The Bertz CT molecular complexity index is 617. The third-order valence-electron chi connectivity index (χ3n) is 2.10. The third-order valence-corrected chi connectivity index (χ3v) is 3.70. The van der Waals surface area contributed by atoms with E-state index in [1.54, 1.807) is 11.3 Å². The van der Waals surface area contributed by atoms with Crippen molar-refractivity contribution in [1.29, 1.82) is 0 Å². The minimum atomic E-state index is -3.13. The lowest BCUT2D eigenvalue weighted by molar-refractivity contribution is 0.587. The van der Waals surface area contributed by atoms with Crippen molar-refractivity contribution in [1.82, 2.24) is 9.71 Å². The molecule has 0 radical (unpaired) electrons. The van der Waals surface area contributed by atoms with E-state index in [-0.39, 0.29) is 0 Å². The molecule has 0 spiro atoms. The topological polar surface area (TPSA) is 59.1 Å². The standard InChI is InChI=1S/C10H12N2O2S2/c1-7-12-9-4-3-8(5-10(9)15-7)6-11-16(2,13)14/h3-5,11H,6H2,1-2H3. The molecular formula is C10H12N2O2S2. The molecule has 0 bridgehead atoms. The summed E-state index contributed by atoms with van der Waals surface area (Å²) in [6.45, 7) is 2.28. The van der Waals surface area contributed by atoms with E-state index >= 15 is 0 Å². The normalized spacial score (nSPS) is 12.1. The van der Waals surface area contributed by atoms with Crippen LogP contribution in [0.1, 0.15) is 10.6 Å². The molecule has 2 aromatic rings. The lowest BCUT2D eigenvalue weighted by Crippen LogP contribution is -2.21. The van der Waals surface area contributed by atoms with Gasteiger partial charge in [0, 0.05) is 6.54 Å². The van der Waals surface area contributed by atoms with Crippen molar-refractivity contribution < 1.29 is 8.42 Å². The fraction of sp³-hybridized carbons (Fsp3) is 0.300. The van der Waals surface area contributed by atoms with Crippen molar-refractivity contribution in [3.8, 4) is 0 Å². The highest BCUT2D eigenvalue weighted by molar-refractivity contribution is 7.88. The fourth-order valence-corrected chi connectivity index (χ4v) is 2.73. The van der Waals surface area contributed by atoms with Gasteiger partial charge in [-0.1, -0.05) is 6.07 Å². The zero-order chi connectivity index (χ0) is 11.8. The van der Waals surface area contributed by atoms with Crippen LogP contribution in [0.4, 0.5) is 0 Å². The molecule has 0 atom stereocenters. The van der Waals surface area contributed by atoms with E-state index in [0.717, 1.165) is 27.0 Å². The maximum absolute atomic E-state index is 11.0. The Balaban J connectivity index is 2.25. The molecule has 86 valence electrons. The quantitative estimate of drug-likeness (QED) is 0.908. The Hall–Kier alpha value is -0.980. The van der Waals surface area contributed by atoms with Gasteiger partial charge in [-0.05, 0) is 24.6 Å². The molecule has 2 rings (SSSR count). The Kier molecular flexibility index (Phi) is 2.96. The Morgan fingerprint density at radius 1 is 1.44 bits per heavy atom. The second-order valence-corrected chi connectivity index (χ2v) is 6.70. The molecule has 0 unspecified atom stereocenters. The number of hydrogen-bond acceptors (Lipinski definition) is 4. The van der Waals surface area contributed by atoms with Gasteiger partial charge in [-0.15, -0.1) is 11.3 Å². The smallest absolute Gasteiger partial charge is 0.209 e. The van der Waals surface area contributed by atoms with Gasteiger partial charge in [0.05, 0.1) is 21.5 Å². The molecule has 0 aliphatic heterocycles. The van der Waals surface area contributed by atoms with Crippen LogP contribution in [0.3, 0.4) is 0 Å². The first-order chi connectivity index (χ1) is 7.44. The van der Waals surface area contributed by atoms with Crippen LogP contribution in [0.15, 0.2) is 18.2 Å². The van der Waals surface area contributed by atoms with E-state index in [4.69, 9.17) is 0 Å². The maximum Gasteiger partial charge on any atom is 0.209 e. The van der Waals surface area contributed by atoms with Crippen molar-refractivity contribution in [3.05, 3.63) is 28.8 Å². The first-order valence-corrected chi connectivity index (χ1v) is 7.45. The molecule has 0 amide bonds. The van der Waals surface area contributed by atoms with Crippen LogP contribution in [0.2, 0.25) is 0 Å². The summed E-state index contributed by atoms with van der Waals surface area (Å²) < 4.78 is 25.5. The average Bonchev–Trinajstić information content (AvgIpc) is 2.52. The van der Waals surface area contributed by atoms with Crippen LogP contribution in [0.5, 0.6) is 0 Å². The summed E-state index contributed by atoms with van der Waals surface area (Å²) in [6, 6.07) is 5.77. The molecule has 1 N–H and O–H groups in total. The zero-order valence-corrected chi connectivity index (χ0v) is 10.7. The largest absolute Gasteiger partial charge is 0.242 e. The minimum Gasteiger partial charge on any atom is -0.242 e. The number of thiazole rings is 1. The summed E-state index contributed by atoms with van der Waals surface area (Å²) >= 11 is 1.61. The number of benzene rings is 1. The molecule has 1 heterocycles. The summed E-state index contributed by atoms with van der Waals surface area (Å²) in [5, 5.41) is 1.02. The molecule has 1 aromatic heterocycles. The summed E-state index contributed by atoms with van der Waals surface area (Å²) in [4.78, 5) is 4.34. The average molecular weight is 256 g/mol. The van der Waals surface area contributed by atoms with Crippen LogP contribution in [0, 0.1) is 6.92 Å². The van der Waals surface area contributed by atoms with E-state index in [9.17, 15) is 8.42 Å². The van der Waals surface area contributed by atoms with Gasteiger partial charge in [-0.25, -0.2) is 18.1 Å². The van der Waals surface area contributed by atoms with Crippen molar-refractivity contribution in [2.45, 2.75) is 13.5 Å². The van der Waals surface area contributed by atoms with Crippen LogP contribution < -0.4 is 4.72 Å². The Labute approximate surface area is 98.4 Å². The fourth-order valence-electron chi connectivity index (χ4n) is 1.41. The first-order valence-electron chi connectivity index (χ1n) is 4.75. The number of aromatic nitrogens is 1. The summed E-state index contributed by atoms with van der Waals surface area (Å²) in [7, 11) is -3.13. The van der Waals surface area contributed by atoms with Gasteiger partial charge < -0.3 is 0 Å². The second-order valence-electron chi connectivity index (χ2n) is 3.63. The predicted octanol–water partition coefficient (Wildman–Crippen LogP) is 1.65. The van der Waals surface area contributed by atoms with Gasteiger partial charge >= 0.3 is 0 Å². The maximum atomic E-state index is 11.0.